The average molecular weight is 308 g/mol. The quantitative estimate of drug-likeness (QED) is 0.860. The van der Waals surface area contributed by atoms with Gasteiger partial charge in [0.05, 0.1) is 7.11 Å². The molecule has 0 fully saturated rings. The molecular weight excluding hydrogens is 288 g/mol. The largest absolute Gasteiger partial charge is 0.496 e. The van der Waals surface area contributed by atoms with E-state index < -0.39 is 0 Å². The highest BCUT2D eigenvalue weighted by molar-refractivity contribution is 6.21. The Morgan fingerprint density at radius 2 is 1.96 bits per heavy atom. The molecule has 0 atom stereocenters. The fourth-order valence-corrected chi connectivity index (χ4v) is 2.53. The third-order valence-electron chi connectivity index (χ3n) is 3.80. The summed E-state index contributed by atoms with van der Waals surface area (Å²) in [6.45, 7) is 2.87. The Balaban J connectivity index is 1.88. The van der Waals surface area contributed by atoms with Crippen LogP contribution in [0.5, 0.6) is 11.5 Å². The molecule has 3 rings (SSSR count). The molecule has 4 nitrogen and oxygen atoms in total. The lowest BCUT2D eigenvalue weighted by molar-refractivity contribution is 0.413. The van der Waals surface area contributed by atoms with Gasteiger partial charge < -0.3 is 9.47 Å². The molecule has 1 aliphatic heterocycles. The Morgan fingerprint density at radius 1 is 1.13 bits per heavy atom. The maximum absolute atomic E-state index is 6.02. The van der Waals surface area contributed by atoms with Gasteiger partial charge in [-0.1, -0.05) is 25.1 Å². The topological polar surface area (TPSA) is 43.7 Å². The summed E-state index contributed by atoms with van der Waals surface area (Å²) >= 11 is 0. The Kier molecular flexibility index (Phi) is 4.71. The number of aliphatic imine (C=N–C) groups is 1. The van der Waals surface area contributed by atoms with Crippen molar-refractivity contribution in [1.82, 2.24) is 4.98 Å². The lowest BCUT2D eigenvalue weighted by Crippen LogP contribution is -2.15. The van der Waals surface area contributed by atoms with Gasteiger partial charge in [-0.3, -0.25) is 9.98 Å². The van der Waals surface area contributed by atoms with E-state index in [1.54, 1.807) is 19.5 Å². The van der Waals surface area contributed by atoms with Crippen LogP contribution in [0, 0.1) is 0 Å². The van der Waals surface area contributed by atoms with Crippen LogP contribution in [0.4, 0.5) is 0 Å². The van der Waals surface area contributed by atoms with Gasteiger partial charge in [-0.05, 0) is 36.6 Å². The smallest absolute Gasteiger partial charge is 0.222 e. The van der Waals surface area contributed by atoms with Crippen LogP contribution in [0.15, 0.2) is 53.8 Å². The van der Waals surface area contributed by atoms with Crippen LogP contribution in [0.1, 0.15) is 24.5 Å². The Morgan fingerprint density at radius 3 is 2.70 bits per heavy atom. The van der Waals surface area contributed by atoms with Crippen LogP contribution in [0.3, 0.4) is 0 Å². The van der Waals surface area contributed by atoms with Crippen molar-refractivity contribution in [1.29, 1.82) is 0 Å². The van der Waals surface area contributed by atoms with Crippen LogP contribution < -0.4 is 9.47 Å². The first kappa shape index (κ1) is 15.3. The molecule has 0 amide bonds. The third-order valence-corrected chi connectivity index (χ3v) is 3.80. The molecule has 0 spiro atoms. The van der Waals surface area contributed by atoms with Crippen molar-refractivity contribution in [2.75, 3.05) is 13.7 Å². The number of hydrogen-bond donors (Lipinski definition) is 0. The molecule has 2 aromatic rings. The molecule has 1 aromatic heterocycles. The van der Waals surface area contributed by atoms with Gasteiger partial charge in [-0.15, -0.1) is 0 Å². The molecule has 0 N–H and O–H groups in total. The van der Waals surface area contributed by atoms with Gasteiger partial charge in [0.2, 0.25) is 5.90 Å². The average Bonchev–Trinajstić information content (AvgIpc) is 2.63. The normalized spacial score (nSPS) is 14.0. The lowest BCUT2D eigenvalue weighted by Gasteiger charge is -2.17. The highest BCUT2D eigenvalue weighted by Crippen LogP contribution is 2.29. The number of pyridine rings is 1. The molecule has 0 saturated heterocycles. The summed E-state index contributed by atoms with van der Waals surface area (Å²) in [4.78, 5) is 8.74. The first-order chi connectivity index (χ1) is 11.3. The molecule has 0 radical (unpaired) electrons. The molecule has 0 saturated carbocycles. The summed E-state index contributed by atoms with van der Waals surface area (Å²) in [7, 11) is 1.66. The number of benzene rings is 1. The van der Waals surface area contributed by atoms with Gasteiger partial charge >= 0.3 is 0 Å². The zero-order valence-corrected chi connectivity index (χ0v) is 13.5. The summed E-state index contributed by atoms with van der Waals surface area (Å²) in [5, 5.41) is 0. The van der Waals surface area contributed by atoms with E-state index in [0.29, 0.717) is 5.90 Å². The van der Waals surface area contributed by atoms with Crippen LogP contribution >= 0.6 is 0 Å². The van der Waals surface area contributed by atoms with E-state index in [2.05, 4.69) is 35.1 Å². The maximum atomic E-state index is 6.02. The second-order valence-electron chi connectivity index (χ2n) is 5.27. The van der Waals surface area contributed by atoms with E-state index in [9.17, 15) is 0 Å². The monoisotopic (exact) mass is 308 g/mol. The van der Waals surface area contributed by atoms with Gasteiger partial charge in [0.15, 0.2) is 0 Å². The standard InChI is InChI=1S/C19H20N2O2/c1-3-14-6-8-15(9-7-14)23-19-16(5-4-11-21-19)17-13-20-12-10-18(17)22-2/h5-10,12-13H,3-4,11H2,1-2H3. The number of hydrogen-bond acceptors (Lipinski definition) is 4. The summed E-state index contributed by atoms with van der Waals surface area (Å²) in [6.07, 6.45) is 7.53. The number of aryl methyl sites for hydroxylation is 1. The molecule has 1 aliphatic rings. The van der Waals surface area contributed by atoms with Crippen molar-refractivity contribution in [2.45, 2.75) is 19.8 Å². The van der Waals surface area contributed by atoms with E-state index in [1.807, 2.05) is 18.2 Å². The molecule has 2 heterocycles. The van der Waals surface area contributed by atoms with Crippen molar-refractivity contribution >= 4 is 11.5 Å². The van der Waals surface area contributed by atoms with Crippen LogP contribution in [-0.2, 0) is 6.42 Å². The number of nitrogens with zero attached hydrogens (tertiary/aromatic N) is 2. The molecule has 0 aliphatic carbocycles. The molecule has 1 aromatic carbocycles. The predicted octanol–water partition coefficient (Wildman–Crippen LogP) is 3.92. The Bertz CT molecular complexity index is 733. The minimum Gasteiger partial charge on any atom is -0.496 e. The van der Waals surface area contributed by atoms with Crippen LogP contribution in [0.25, 0.3) is 5.57 Å². The Labute approximate surface area is 136 Å². The van der Waals surface area contributed by atoms with Gasteiger partial charge in [-0.2, -0.15) is 0 Å². The first-order valence-electron chi connectivity index (χ1n) is 7.82. The minimum absolute atomic E-state index is 0.617. The van der Waals surface area contributed by atoms with Crippen molar-refractivity contribution in [3.8, 4) is 11.5 Å². The van der Waals surface area contributed by atoms with Gasteiger partial charge in [-0.25, -0.2) is 0 Å². The zero-order chi connectivity index (χ0) is 16.1. The summed E-state index contributed by atoms with van der Waals surface area (Å²) < 4.78 is 11.5. The number of ether oxygens (including phenoxy) is 2. The van der Waals surface area contributed by atoms with Crippen molar-refractivity contribution < 1.29 is 9.47 Å². The molecule has 118 valence electrons. The number of aromatic nitrogens is 1. The molecule has 0 bridgehead atoms. The molecule has 0 unspecified atom stereocenters. The van der Waals surface area contributed by atoms with E-state index in [1.165, 1.54) is 5.56 Å². The molecular formula is C19H20N2O2. The highest BCUT2D eigenvalue weighted by atomic mass is 16.5. The Hall–Kier alpha value is -2.62. The van der Waals surface area contributed by atoms with Gasteiger partial charge in [0.1, 0.15) is 11.5 Å². The van der Waals surface area contributed by atoms with Gasteiger partial charge in [0, 0.05) is 30.1 Å². The minimum atomic E-state index is 0.617. The maximum Gasteiger partial charge on any atom is 0.222 e. The van der Waals surface area contributed by atoms with E-state index in [4.69, 9.17) is 9.47 Å². The second kappa shape index (κ2) is 7.09. The number of rotatable bonds is 4. The number of dihydropyridines is 1. The lowest BCUT2D eigenvalue weighted by atomic mass is 10.0. The predicted molar refractivity (Wildman–Crippen MR) is 92.1 cm³/mol. The number of methoxy groups -OCH3 is 1. The first-order valence-corrected chi connectivity index (χ1v) is 7.82. The SMILES string of the molecule is CCc1ccc(OC2=NCCC=C2c2cnccc2OC)cc1. The summed E-state index contributed by atoms with van der Waals surface area (Å²) in [5.41, 5.74) is 3.12. The second-order valence-corrected chi connectivity index (χ2v) is 5.27. The van der Waals surface area contributed by atoms with Crippen molar-refractivity contribution in [2.24, 2.45) is 4.99 Å². The zero-order valence-electron chi connectivity index (χ0n) is 13.5. The molecule has 4 heteroatoms. The van der Waals surface area contributed by atoms with Crippen LogP contribution in [-0.4, -0.2) is 24.5 Å². The van der Waals surface area contributed by atoms with E-state index in [-0.39, 0.29) is 0 Å². The fraction of sp³-hybridized carbons (Fsp3) is 0.263. The van der Waals surface area contributed by atoms with Crippen LogP contribution in [0.2, 0.25) is 0 Å². The van der Waals surface area contributed by atoms with E-state index in [0.717, 1.165) is 42.0 Å². The molecule has 23 heavy (non-hydrogen) atoms. The van der Waals surface area contributed by atoms with Gasteiger partial charge in [0.25, 0.3) is 0 Å². The third kappa shape index (κ3) is 3.42. The van der Waals surface area contributed by atoms with Crippen molar-refractivity contribution in [3.63, 3.8) is 0 Å². The summed E-state index contributed by atoms with van der Waals surface area (Å²) in [6, 6.07) is 9.96. The highest BCUT2D eigenvalue weighted by Gasteiger charge is 2.19. The van der Waals surface area contributed by atoms with Crippen molar-refractivity contribution in [3.05, 3.63) is 59.9 Å². The summed E-state index contributed by atoms with van der Waals surface area (Å²) in [5.74, 6) is 2.18. The fourth-order valence-electron chi connectivity index (χ4n) is 2.53. The van der Waals surface area contributed by atoms with E-state index >= 15 is 0 Å².